The molecule has 0 atom stereocenters. The molecule has 0 bridgehead atoms. The summed E-state index contributed by atoms with van der Waals surface area (Å²) in [7, 11) is 1.23. The van der Waals surface area contributed by atoms with Crippen LogP contribution in [0.4, 0.5) is 0 Å². The summed E-state index contributed by atoms with van der Waals surface area (Å²) in [5, 5.41) is 27.1. The van der Waals surface area contributed by atoms with Gasteiger partial charge in [-0.15, -0.1) is 0 Å². The van der Waals surface area contributed by atoms with Crippen LogP contribution in [0.1, 0.15) is 35.8 Å². The molecule has 4 aromatic rings. The third-order valence-corrected chi connectivity index (χ3v) is 5.08. The van der Waals surface area contributed by atoms with E-state index < -0.39 is 23.8 Å². The SMILES string of the molecule is C.C.COC(=O)c1nn(CC(=O)O)c2ccc(Cl)cc12.NC(=O)c1nn(CC(=O)O)c2ccc(Cl)cc12. The molecule has 2 heterocycles. The summed E-state index contributed by atoms with van der Waals surface area (Å²) in [6.45, 7) is -0.680. The van der Waals surface area contributed by atoms with Crippen LogP contribution in [0.3, 0.4) is 0 Å². The highest BCUT2D eigenvalue weighted by molar-refractivity contribution is 6.32. The molecular weight excluding hydrogens is 529 g/mol. The number of rotatable bonds is 6. The highest BCUT2D eigenvalue weighted by Gasteiger charge is 2.19. The van der Waals surface area contributed by atoms with Crippen molar-refractivity contribution in [3.63, 3.8) is 0 Å². The summed E-state index contributed by atoms with van der Waals surface area (Å²) in [6, 6.07) is 9.48. The molecule has 12 nitrogen and oxygen atoms in total. The molecule has 0 aliphatic rings. The molecule has 0 fully saturated rings. The number of nitrogens with zero attached hydrogens (tertiary/aromatic N) is 4. The first-order chi connectivity index (χ1) is 16.5. The first-order valence-corrected chi connectivity index (χ1v) is 10.4. The number of ether oxygens (including phenoxy) is 1. The fraction of sp³-hybridized carbons (Fsp3) is 0.217. The van der Waals surface area contributed by atoms with E-state index in [1.54, 1.807) is 30.3 Å². The number of esters is 1. The predicted octanol–water partition coefficient (Wildman–Crippen LogP) is 3.71. The number of carbonyl (C=O) groups excluding carboxylic acids is 2. The van der Waals surface area contributed by atoms with E-state index >= 15 is 0 Å². The van der Waals surface area contributed by atoms with Gasteiger partial charge in [0.15, 0.2) is 11.4 Å². The van der Waals surface area contributed by atoms with Gasteiger partial charge in [-0.2, -0.15) is 10.2 Å². The van der Waals surface area contributed by atoms with Gasteiger partial charge in [-0.25, -0.2) is 4.79 Å². The second-order valence-electron chi connectivity index (χ2n) is 6.98. The van der Waals surface area contributed by atoms with E-state index in [9.17, 15) is 19.2 Å². The Morgan fingerprint density at radius 3 is 1.62 bits per heavy atom. The highest BCUT2D eigenvalue weighted by Crippen LogP contribution is 2.24. The average Bonchev–Trinajstić information content (AvgIpc) is 3.30. The number of aromatic nitrogens is 4. The van der Waals surface area contributed by atoms with Crippen molar-refractivity contribution in [3.8, 4) is 0 Å². The molecule has 198 valence electrons. The van der Waals surface area contributed by atoms with E-state index in [0.29, 0.717) is 31.9 Å². The third kappa shape index (κ3) is 6.96. The number of carboxylic acids is 2. The summed E-state index contributed by atoms with van der Waals surface area (Å²) in [5.41, 5.74) is 6.26. The highest BCUT2D eigenvalue weighted by atomic mass is 35.5. The monoisotopic (exact) mass is 553 g/mol. The molecule has 0 saturated carbocycles. The number of benzene rings is 2. The normalized spacial score (nSPS) is 10.0. The Morgan fingerprint density at radius 1 is 0.838 bits per heavy atom. The number of methoxy groups -OCH3 is 1. The largest absolute Gasteiger partial charge is 0.480 e. The summed E-state index contributed by atoms with van der Waals surface area (Å²) >= 11 is 11.7. The molecule has 0 aliphatic heterocycles. The lowest BCUT2D eigenvalue weighted by Crippen LogP contribution is -2.14. The summed E-state index contributed by atoms with van der Waals surface area (Å²) in [4.78, 5) is 44.1. The minimum absolute atomic E-state index is 0. The average molecular weight is 554 g/mol. The second kappa shape index (κ2) is 12.7. The van der Waals surface area contributed by atoms with Crippen LogP contribution >= 0.6 is 23.2 Å². The van der Waals surface area contributed by atoms with Crippen LogP contribution in [0.15, 0.2) is 36.4 Å². The summed E-state index contributed by atoms with van der Waals surface area (Å²) < 4.78 is 7.02. The Hall–Kier alpha value is -4.16. The van der Waals surface area contributed by atoms with Crippen molar-refractivity contribution >= 4 is 68.8 Å². The van der Waals surface area contributed by atoms with E-state index in [2.05, 4.69) is 14.9 Å². The van der Waals surface area contributed by atoms with Gasteiger partial charge in [0.05, 0.1) is 18.1 Å². The van der Waals surface area contributed by atoms with Crippen LogP contribution in [-0.2, 0) is 27.4 Å². The first-order valence-electron chi connectivity index (χ1n) is 9.65. The van der Waals surface area contributed by atoms with Crippen molar-refractivity contribution in [1.29, 1.82) is 0 Å². The fourth-order valence-corrected chi connectivity index (χ4v) is 3.57. The van der Waals surface area contributed by atoms with E-state index in [0.717, 1.165) is 0 Å². The van der Waals surface area contributed by atoms with Crippen LogP contribution in [0.2, 0.25) is 10.0 Å². The predicted molar refractivity (Wildman–Crippen MR) is 138 cm³/mol. The van der Waals surface area contributed by atoms with Gasteiger partial charge < -0.3 is 20.7 Å². The third-order valence-electron chi connectivity index (χ3n) is 4.61. The summed E-state index contributed by atoms with van der Waals surface area (Å²) in [6.07, 6.45) is 0. The lowest BCUT2D eigenvalue weighted by Gasteiger charge is -1.98. The van der Waals surface area contributed by atoms with Crippen LogP contribution in [-0.4, -0.2) is 60.7 Å². The molecule has 0 unspecified atom stereocenters. The maximum absolute atomic E-state index is 11.5. The first kappa shape index (κ1) is 30.9. The van der Waals surface area contributed by atoms with Crippen molar-refractivity contribution < 1.29 is 34.1 Å². The fourth-order valence-electron chi connectivity index (χ4n) is 3.23. The van der Waals surface area contributed by atoms with Crippen molar-refractivity contribution in [1.82, 2.24) is 19.6 Å². The molecule has 0 radical (unpaired) electrons. The summed E-state index contributed by atoms with van der Waals surface area (Å²) in [5.74, 6) is -3.46. The van der Waals surface area contributed by atoms with Crippen molar-refractivity contribution in [2.24, 2.45) is 5.73 Å². The van der Waals surface area contributed by atoms with E-state index in [4.69, 9.17) is 39.1 Å². The zero-order chi connectivity index (χ0) is 25.9. The Labute approximate surface area is 221 Å². The lowest BCUT2D eigenvalue weighted by molar-refractivity contribution is -0.138. The number of carbonyl (C=O) groups is 4. The van der Waals surface area contributed by atoms with Crippen LogP contribution in [0.25, 0.3) is 21.8 Å². The number of halogens is 2. The maximum atomic E-state index is 11.5. The molecule has 14 heteroatoms. The molecule has 0 saturated heterocycles. The Morgan fingerprint density at radius 2 is 1.24 bits per heavy atom. The molecular formula is C23H25Cl2N5O7. The van der Waals surface area contributed by atoms with Crippen molar-refractivity contribution in [2.75, 3.05) is 7.11 Å². The van der Waals surface area contributed by atoms with Gasteiger partial charge in [-0.1, -0.05) is 38.1 Å². The minimum Gasteiger partial charge on any atom is -0.480 e. The Kier molecular flexibility index (Phi) is 10.6. The molecule has 2 aromatic carbocycles. The zero-order valence-corrected chi connectivity index (χ0v) is 19.4. The standard InChI is InChI=1S/C11H9ClN2O4.C10H8ClN3O3.2CH4/c1-18-11(17)10-7-4-6(12)2-3-8(7)14(13-10)5-9(15)16;11-5-1-2-7-6(3-5)9(10(12)17)13-14(7)4-8(15)16;;/h2-4H,5H2,1H3,(H,15,16);1-3H,4H2,(H2,12,17)(H,15,16);2*1H4. The van der Waals surface area contributed by atoms with Gasteiger partial charge in [-0.05, 0) is 36.4 Å². The minimum atomic E-state index is -1.06. The van der Waals surface area contributed by atoms with Gasteiger partial charge in [-0.3, -0.25) is 23.7 Å². The lowest BCUT2D eigenvalue weighted by atomic mass is 10.2. The number of primary amides is 1. The van der Waals surface area contributed by atoms with E-state index in [-0.39, 0.29) is 39.3 Å². The smallest absolute Gasteiger partial charge is 0.359 e. The maximum Gasteiger partial charge on any atom is 0.359 e. The second-order valence-corrected chi connectivity index (χ2v) is 7.85. The van der Waals surface area contributed by atoms with Crippen molar-refractivity contribution in [2.45, 2.75) is 27.9 Å². The van der Waals surface area contributed by atoms with Crippen molar-refractivity contribution in [3.05, 3.63) is 57.8 Å². The number of carboxylic acid groups (broad SMARTS) is 2. The molecule has 2 aromatic heterocycles. The van der Waals surface area contributed by atoms with E-state index in [1.165, 1.54) is 22.5 Å². The molecule has 1 amide bonds. The van der Waals surface area contributed by atoms with Gasteiger partial charge in [0.1, 0.15) is 13.1 Å². The number of hydrogen-bond donors (Lipinski definition) is 3. The van der Waals surface area contributed by atoms with Crippen LogP contribution < -0.4 is 5.73 Å². The zero-order valence-electron chi connectivity index (χ0n) is 17.9. The quantitative estimate of drug-likeness (QED) is 0.300. The topological polar surface area (TPSA) is 180 Å². The van der Waals surface area contributed by atoms with Gasteiger partial charge in [0.25, 0.3) is 5.91 Å². The molecule has 4 rings (SSSR count). The number of hydrogen-bond acceptors (Lipinski definition) is 7. The molecule has 4 N–H and O–H groups in total. The Bertz CT molecular complexity index is 1480. The Balaban J connectivity index is 0.000000351. The van der Waals surface area contributed by atoms with Gasteiger partial charge in [0.2, 0.25) is 0 Å². The number of fused-ring (bicyclic) bond motifs is 2. The number of amides is 1. The molecule has 0 aliphatic carbocycles. The molecule has 37 heavy (non-hydrogen) atoms. The van der Waals surface area contributed by atoms with Gasteiger partial charge >= 0.3 is 17.9 Å². The van der Waals surface area contributed by atoms with Crippen LogP contribution in [0, 0.1) is 0 Å². The number of nitrogens with two attached hydrogens (primary N) is 1. The van der Waals surface area contributed by atoms with Crippen LogP contribution in [0.5, 0.6) is 0 Å². The number of aliphatic carboxylic acids is 2. The molecule has 0 spiro atoms. The van der Waals surface area contributed by atoms with Gasteiger partial charge in [0, 0.05) is 20.8 Å². The van der Waals surface area contributed by atoms with E-state index in [1.807, 2.05) is 0 Å².